The van der Waals surface area contributed by atoms with Gasteiger partial charge in [-0.05, 0) is 38.6 Å². The van der Waals surface area contributed by atoms with E-state index in [4.69, 9.17) is 0 Å². The number of nitro benzene ring substituents is 1. The molecule has 0 amide bonds. The number of carbonyl (C=O) groups excluding carboxylic acids is 1. The summed E-state index contributed by atoms with van der Waals surface area (Å²) in [5.74, 6) is 0. The Hall–Kier alpha value is -1.95. The lowest BCUT2D eigenvalue weighted by molar-refractivity contribution is -0.384. The molecule has 1 heterocycles. The van der Waals surface area contributed by atoms with Gasteiger partial charge in [0.15, 0.2) is 0 Å². The van der Waals surface area contributed by atoms with Gasteiger partial charge in [-0.2, -0.15) is 0 Å². The predicted octanol–water partition coefficient (Wildman–Crippen LogP) is 1.91. The average Bonchev–Trinajstić information content (AvgIpc) is 2.81. The van der Waals surface area contributed by atoms with Crippen LogP contribution in [0.4, 0.5) is 11.4 Å². The third kappa shape index (κ3) is 3.08. The zero-order chi connectivity index (χ0) is 13.8. The van der Waals surface area contributed by atoms with Crippen LogP contribution in [0.5, 0.6) is 0 Å². The molecule has 1 N–H and O–H groups in total. The quantitative estimate of drug-likeness (QED) is 0.499. The Kier molecular flexibility index (Phi) is 4.11. The number of rotatable bonds is 5. The van der Waals surface area contributed by atoms with E-state index in [9.17, 15) is 14.9 Å². The molecule has 6 heteroatoms. The minimum absolute atomic E-state index is 0.0507. The van der Waals surface area contributed by atoms with Crippen molar-refractivity contribution in [3.05, 3.63) is 33.9 Å². The van der Waals surface area contributed by atoms with Gasteiger partial charge in [0, 0.05) is 24.2 Å². The van der Waals surface area contributed by atoms with Crippen LogP contribution >= 0.6 is 0 Å². The number of nitrogens with zero attached hydrogens (tertiary/aromatic N) is 2. The number of likely N-dealkylation sites (N-methyl/N-ethyl adjacent to an activating group) is 1. The van der Waals surface area contributed by atoms with Crippen molar-refractivity contribution in [1.29, 1.82) is 0 Å². The summed E-state index contributed by atoms with van der Waals surface area (Å²) in [6.07, 6.45) is 2.88. The minimum atomic E-state index is -0.465. The van der Waals surface area contributed by atoms with Crippen LogP contribution in [0.25, 0.3) is 0 Å². The van der Waals surface area contributed by atoms with Crippen LogP contribution in [0.1, 0.15) is 23.2 Å². The summed E-state index contributed by atoms with van der Waals surface area (Å²) in [5.41, 5.74) is 0.733. The number of aldehydes is 1. The molecule has 102 valence electrons. The van der Waals surface area contributed by atoms with Crippen LogP contribution in [0, 0.1) is 10.1 Å². The average molecular weight is 263 g/mol. The smallest absolute Gasteiger partial charge is 0.293 e. The lowest BCUT2D eigenvalue weighted by atomic mass is 10.1. The Morgan fingerprint density at radius 3 is 2.95 bits per heavy atom. The minimum Gasteiger partial charge on any atom is -0.378 e. The molecule has 19 heavy (non-hydrogen) atoms. The number of benzene rings is 1. The highest BCUT2D eigenvalue weighted by atomic mass is 16.6. The molecular weight excluding hydrogens is 246 g/mol. The number of hydrogen-bond acceptors (Lipinski definition) is 5. The first-order valence-corrected chi connectivity index (χ1v) is 6.29. The number of carbonyl (C=O) groups is 1. The van der Waals surface area contributed by atoms with Crippen LogP contribution in [0.3, 0.4) is 0 Å². The van der Waals surface area contributed by atoms with Crippen molar-refractivity contribution in [3.63, 3.8) is 0 Å². The highest BCUT2D eigenvalue weighted by Gasteiger charge is 2.22. The summed E-state index contributed by atoms with van der Waals surface area (Å²) < 4.78 is 0. The molecule has 1 aromatic carbocycles. The number of nitrogens with one attached hydrogen (secondary N) is 1. The standard InChI is InChI=1S/C13H17N3O3/c1-15-6-2-3-11(15)8-14-12-5-4-10(9-17)7-13(12)16(18)19/h4-5,7,9,11,14H,2-3,6,8H2,1H3. The zero-order valence-corrected chi connectivity index (χ0v) is 10.8. The lowest BCUT2D eigenvalue weighted by Crippen LogP contribution is -2.31. The number of anilines is 1. The molecule has 0 aromatic heterocycles. The molecule has 1 aromatic rings. The van der Waals surface area contributed by atoms with Gasteiger partial charge in [-0.1, -0.05) is 0 Å². The molecule has 0 saturated carbocycles. The Bertz CT molecular complexity index is 490. The van der Waals surface area contributed by atoms with E-state index in [0.717, 1.165) is 19.4 Å². The first-order valence-electron chi connectivity index (χ1n) is 6.29. The van der Waals surface area contributed by atoms with E-state index in [1.807, 2.05) is 0 Å². The maximum absolute atomic E-state index is 11.0. The van der Waals surface area contributed by atoms with Gasteiger partial charge in [-0.25, -0.2) is 0 Å². The van der Waals surface area contributed by atoms with E-state index in [-0.39, 0.29) is 5.69 Å². The van der Waals surface area contributed by atoms with Crippen LogP contribution in [-0.4, -0.2) is 42.3 Å². The van der Waals surface area contributed by atoms with E-state index < -0.39 is 4.92 Å². The lowest BCUT2D eigenvalue weighted by Gasteiger charge is -2.20. The first kappa shape index (κ1) is 13.5. The highest BCUT2D eigenvalue weighted by Crippen LogP contribution is 2.26. The summed E-state index contributed by atoms with van der Waals surface area (Å²) in [6.45, 7) is 1.75. The summed E-state index contributed by atoms with van der Waals surface area (Å²) in [5, 5.41) is 14.1. The maximum atomic E-state index is 11.0. The fourth-order valence-electron chi connectivity index (χ4n) is 2.39. The molecule has 0 bridgehead atoms. The largest absolute Gasteiger partial charge is 0.378 e. The second kappa shape index (κ2) is 5.79. The fraction of sp³-hybridized carbons (Fsp3) is 0.462. The molecule has 1 aliphatic heterocycles. The molecule has 2 rings (SSSR count). The van der Waals surface area contributed by atoms with Crippen molar-refractivity contribution in [2.24, 2.45) is 0 Å². The van der Waals surface area contributed by atoms with Gasteiger partial charge in [-0.15, -0.1) is 0 Å². The second-order valence-corrected chi connectivity index (χ2v) is 4.81. The molecule has 6 nitrogen and oxygen atoms in total. The van der Waals surface area contributed by atoms with Crippen LogP contribution in [0.15, 0.2) is 18.2 Å². The van der Waals surface area contributed by atoms with Crippen LogP contribution < -0.4 is 5.32 Å². The van der Waals surface area contributed by atoms with Crippen LogP contribution in [0.2, 0.25) is 0 Å². The molecule has 0 aliphatic carbocycles. The molecule has 0 spiro atoms. The molecule has 1 aliphatic rings. The van der Waals surface area contributed by atoms with Gasteiger partial charge >= 0.3 is 0 Å². The third-order valence-electron chi connectivity index (χ3n) is 3.55. The maximum Gasteiger partial charge on any atom is 0.293 e. The number of nitro groups is 1. The normalized spacial score (nSPS) is 19.3. The monoisotopic (exact) mass is 263 g/mol. The van der Waals surface area contributed by atoms with Gasteiger partial charge in [0.25, 0.3) is 5.69 Å². The zero-order valence-electron chi connectivity index (χ0n) is 10.8. The summed E-state index contributed by atoms with van der Waals surface area (Å²) >= 11 is 0. The van der Waals surface area contributed by atoms with Crippen molar-refractivity contribution in [2.75, 3.05) is 25.5 Å². The molecule has 1 saturated heterocycles. The van der Waals surface area contributed by atoms with Gasteiger partial charge in [0.1, 0.15) is 12.0 Å². The molecule has 0 radical (unpaired) electrons. The number of hydrogen-bond donors (Lipinski definition) is 1. The van der Waals surface area contributed by atoms with Gasteiger partial charge in [0.05, 0.1) is 4.92 Å². The van der Waals surface area contributed by atoms with Crippen molar-refractivity contribution in [2.45, 2.75) is 18.9 Å². The summed E-state index contributed by atoms with van der Waals surface area (Å²) in [4.78, 5) is 23.4. The van der Waals surface area contributed by atoms with Crippen molar-refractivity contribution < 1.29 is 9.72 Å². The summed E-state index contributed by atoms with van der Waals surface area (Å²) in [6, 6.07) is 4.89. The summed E-state index contributed by atoms with van der Waals surface area (Å²) in [7, 11) is 2.06. The Balaban J connectivity index is 2.10. The molecule has 1 unspecified atom stereocenters. The van der Waals surface area contributed by atoms with Gasteiger partial charge in [-0.3, -0.25) is 14.9 Å². The van der Waals surface area contributed by atoms with Crippen molar-refractivity contribution in [3.8, 4) is 0 Å². The Labute approximate surface area is 111 Å². The predicted molar refractivity (Wildman–Crippen MR) is 72.6 cm³/mol. The topological polar surface area (TPSA) is 75.5 Å². The first-order chi connectivity index (χ1) is 9.11. The van der Waals surface area contributed by atoms with Gasteiger partial charge < -0.3 is 10.2 Å². The second-order valence-electron chi connectivity index (χ2n) is 4.81. The SMILES string of the molecule is CN1CCCC1CNc1ccc(C=O)cc1[N+](=O)[O-]. The Morgan fingerprint density at radius 1 is 1.58 bits per heavy atom. The third-order valence-corrected chi connectivity index (χ3v) is 3.55. The van der Waals surface area contributed by atoms with Gasteiger partial charge in [0.2, 0.25) is 0 Å². The molecule has 1 atom stereocenters. The van der Waals surface area contributed by atoms with Crippen molar-refractivity contribution >= 4 is 17.7 Å². The van der Waals surface area contributed by atoms with Crippen molar-refractivity contribution in [1.82, 2.24) is 4.90 Å². The Morgan fingerprint density at radius 2 is 2.37 bits per heavy atom. The fourth-order valence-corrected chi connectivity index (χ4v) is 2.39. The van der Waals surface area contributed by atoms with E-state index in [1.165, 1.54) is 6.07 Å². The highest BCUT2D eigenvalue weighted by molar-refractivity contribution is 5.79. The van der Waals surface area contributed by atoms with E-state index in [1.54, 1.807) is 12.1 Å². The molecule has 1 fully saturated rings. The molecular formula is C13H17N3O3. The van der Waals surface area contributed by atoms with E-state index >= 15 is 0 Å². The van der Waals surface area contributed by atoms with Crippen LogP contribution in [-0.2, 0) is 0 Å². The van der Waals surface area contributed by atoms with E-state index in [0.29, 0.717) is 30.1 Å². The van der Waals surface area contributed by atoms with E-state index in [2.05, 4.69) is 17.3 Å². The number of likely N-dealkylation sites (tertiary alicyclic amines) is 1.